The van der Waals surface area contributed by atoms with E-state index in [9.17, 15) is 9.59 Å². The van der Waals surface area contributed by atoms with Crippen molar-refractivity contribution in [2.75, 3.05) is 19.8 Å². The highest BCUT2D eigenvalue weighted by molar-refractivity contribution is 5.70. The van der Waals surface area contributed by atoms with Crippen LogP contribution < -0.4 is 0 Å². The van der Waals surface area contributed by atoms with Gasteiger partial charge in [0, 0.05) is 19.4 Å². The Kier molecular flexibility index (Phi) is 48.8. The van der Waals surface area contributed by atoms with Crippen LogP contribution in [0.2, 0.25) is 0 Å². The van der Waals surface area contributed by atoms with Gasteiger partial charge in [0.2, 0.25) is 0 Å². The normalized spacial score (nSPS) is 12.1. The first-order valence-corrected chi connectivity index (χ1v) is 26.2. The second-order valence-corrected chi connectivity index (χ2v) is 17.8. The molecular weight excluding hydrogens is 717 g/mol. The summed E-state index contributed by atoms with van der Waals surface area (Å²) in [6.07, 6.45) is 56.5. The summed E-state index contributed by atoms with van der Waals surface area (Å²) in [5.41, 5.74) is 0. The topological polar surface area (TPSA) is 61.8 Å². The summed E-state index contributed by atoms with van der Waals surface area (Å²) in [7, 11) is 0. The highest BCUT2D eigenvalue weighted by atomic mass is 16.6. The number of carbonyl (C=O) groups is 2. The van der Waals surface area contributed by atoms with Gasteiger partial charge in [-0.25, -0.2) is 0 Å². The molecule has 5 nitrogen and oxygen atoms in total. The van der Waals surface area contributed by atoms with E-state index in [1.807, 2.05) is 0 Å². The SMILES string of the molecule is CCCCCCCC/C=C\CCCCCCCCCCOCC(COC(=O)CCCCCCCCCCCCCCCCC)OC(=O)CCCCCCCCCCC. The van der Waals surface area contributed by atoms with Crippen LogP contribution in [-0.2, 0) is 23.8 Å². The molecule has 0 N–H and O–H groups in total. The Morgan fingerprint density at radius 1 is 0.362 bits per heavy atom. The van der Waals surface area contributed by atoms with E-state index in [-0.39, 0.29) is 18.5 Å². The van der Waals surface area contributed by atoms with E-state index in [1.165, 1.54) is 225 Å². The summed E-state index contributed by atoms with van der Waals surface area (Å²) >= 11 is 0. The molecular formula is C53H102O5. The summed E-state index contributed by atoms with van der Waals surface area (Å²) in [6.45, 7) is 7.86. The van der Waals surface area contributed by atoms with Crippen molar-refractivity contribution in [1.82, 2.24) is 0 Å². The van der Waals surface area contributed by atoms with Crippen molar-refractivity contribution in [2.24, 2.45) is 0 Å². The molecule has 0 radical (unpaired) electrons. The Labute approximate surface area is 363 Å². The van der Waals surface area contributed by atoms with Gasteiger partial charge in [-0.1, -0.05) is 245 Å². The molecule has 0 bridgehead atoms. The smallest absolute Gasteiger partial charge is 0.306 e. The number of rotatable bonds is 49. The van der Waals surface area contributed by atoms with Crippen molar-refractivity contribution in [3.05, 3.63) is 12.2 Å². The standard InChI is InChI=1S/C53H102O5/c1-4-7-10-13-16-19-21-23-25-26-27-29-31-33-36-39-42-45-48-56-49-51(58-53(55)47-44-41-38-34-18-15-12-9-6-3)50-57-52(54)46-43-40-37-35-32-30-28-24-22-20-17-14-11-8-5-2/h23,25,51H,4-22,24,26-50H2,1-3H3/b25-23-. The maximum Gasteiger partial charge on any atom is 0.306 e. The molecule has 1 unspecified atom stereocenters. The molecule has 0 fully saturated rings. The van der Waals surface area contributed by atoms with Crippen molar-refractivity contribution in [1.29, 1.82) is 0 Å². The average molecular weight is 819 g/mol. The van der Waals surface area contributed by atoms with Gasteiger partial charge >= 0.3 is 11.9 Å². The highest BCUT2D eigenvalue weighted by Gasteiger charge is 2.17. The zero-order valence-electron chi connectivity index (χ0n) is 39.6. The summed E-state index contributed by atoms with van der Waals surface area (Å²) in [5, 5.41) is 0. The van der Waals surface area contributed by atoms with Gasteiger partial charge in [-0.2, -0.15) is 0 Å². The number of ether oxygens (including phenoxy) is 3. The lowest BCUT2D eigenvalue weighted by Crippen LogP contribution is -2.30. The van der Waals surface area contributed by atoms with Crippen molar-refractivity contribution in [3.8, 4) is 0 Å². The van der Waals surface area contributed by atoms with Gasteiger partial charge in [-0.3, -0.25) is 9.59 Å². The average Bonchev–Trinajstić information content (AvgIpc) is 3.22. The van der Waals surface area contributed by atoms with Crippen LogP contribution in [0.1, 0.15) is 290 Å². The second-order valence-electron chi connectivity index (χ2n) is 17.8. The number of allylic oxidation sites excluding steroid dienone is 2. The zero-order chi connectivity index (χ0) is 42.1. The van der Waals surface area contributed by atoms with E-state index in [2.05, 4.69) is 32.9 Å². The number of unbranched alkanes of at least 4 members (excludes halogenated alkanes) is 36. The largest absolute Gasteiger partial charge is 0.462 e. The lowest BCUT2D eigenvalue weighted by Gasteiger charge is -2.18. The second kappa shape index (κ2) is 50.0. The fourth-order valence-electron chi connectivity index (χ4n) is 7.86. The highest BCUT2D eigenvalue weighted by Crippen LogP contribution is 2.16. The van der Waals surface area contributed by atoms with Gasteiger partial charge in [-0.05, 0) is 44.9 Å². The molecule has 0 aliphatic rings. The molecule has 0 saturated heterocycles. The predicted octanol–water partition coefficient (Wildman–Crippen LogP) is 17.5. The van der Waals surface area contributed by atoms with Crippen molar-refractivity contribution in [2.45, 2.75) is 297 Å². The van der Waals surface area contributed by atoms with E-state index < -0.39 is 6.10 Å². The summed E-state index contributed by atoms with van der Waals surface area (Å²) in [4.78, 5) is 25.3. The third kappa shape index (κ3) is 47.3. The Hall–Kier alpha value is -1.36. The van der Waals surface area contributed by atoms with Crippen molar-refractivity contribution >= 4 is 11.9 Å². The summed E-state index contributed by atoms with van der Waals surface area (Å²) in [6, 6.07) is 0. The van der Waals surface area contributed by atoms with E-state index in [0.29, 0.717) is 26.1 Å². The Bertz CT molecular complexity index is 840. The predicted molar refractivity (Wildman–Crippen MR) is 252 cm³/mol. The van der Waals surface area contributed by atoms with E-state index >= 15 is 0 Å². The Balaban J connectivity index is 4.13. The van der Waals surface area contributed by atoms with Crippen LogP contribution in [0.4, 0.5) is 0 Å². The fraction of sp³-hybridized carbons (Fsp3) is 0.925. The lowest BCUT2D eigenvalue weighted by molar-refractivity contribution is -0.163. The van der Waals surface area contributed by atoms with Crippen LogP contribution in [0.15, 0.2) is 12.2 Å². The maximum atomic E-state index is 12.7. The monoisotopic (exact) mass is 819 g/mol. The molecule has 5 heteroatoms. The van der Waals surface area contributed by atoms with Gasteiger partial charge in [0.1, 0.15) is 6.61 Å². The summed E-state index contributed by atoms with van der Waals surface area (Å²) in [5.74, 6) is -0.381. The van der Waals surface area contributed by atoms with Gasteiger partial charge in [0.15, 0.2) is 6.10 Å². The van der Waals surface area contributed by atoms with E-state index in [4.69, 9.17) is 14.2 Å². The van der Waals surface area contributed by atoms with Crippen LogP contribution in [0, 0.1) is 0 Å². The zero-order valence-corrected chi connectivity index (χ0v) is 39.6. The molecule has 0 spiro atoms. The van der Waals surface area contributed by atoms with Gasteiger partial charge in [0.25, 0.3) is 0 Å². The first-order valence-electron chi connectivity index (χ1n) is 26.2. The van der Waals surface area contributed by atoms with Gasteiger partial charge in [0.05, 0.1) is 6.61 Å². The molecule has 1 atom stereocenters. The minimum Gasteiger partial charge on any atom is -0.462 e. The number of hydrogen-bond acceptors (Lipinski definition) is 5. The molecule has 0 saturated carbocycles. The Morgan fingerprint density at radius 3 is 1.05 bits per heavy atom. The molecule has 0 aromatic carbocycles. The van der Waals surface area contributed by atoms with Crippen LogP contribution in [0.25, 0.3) is 0 Å². The summed E-state index contributed by atoms with van der Waals surface area (Å²) < 4.78 is 17.4. The molecule has 0 heterocycles. The van der Waals surface area contributed by atoms with Crippen molar-refractivity contribution in [3.63, 3.8) is 0 Å². The minimum atomic E-state index is -0.526. The first-order chi connectivity index (χ1) is 28.6. The molecule has 0 aromatic rings. The third-order valence-corrected chi connectivity index (χ3v) is 11.8. The van der Waals surface area contributed by atoms with Crippen LogP contribution >= 0.6 is 0 Å². The fourth-order valence-corrected chi connectivity index (χ4v) is 7.86. The molecule has 0 aliphatic carbocycles. The van der Waals surface area contributed by atoms with Crippen LogP contribution in [0.5, 0.6) is 0 Å². The lowest BCUT2D eigenvalue weighted by atomic mass is 10.0. The van der Waals surface area contributed by atoms with Gasteiger partial charge in [-0.15, -0.1) is 0 Å². The van der Waals surface area contributed by atoms with Crippen LogP contribution in [-0.4, -0.2) is 37.9 Å². The first kappa shape index (κ1) is 56.6. The molecule has 0 aliphatic heterocycles. The van der Waals surface area contributed by atoms with Crippen LogP contribution in [0.3, 0.4) is 0 Å². The minimum absolute atomic E-state index is 0.0932. The number of hydrogen-bond donors (Lipinski definition) is 0. The number of carbonyl (C=O) groups excluding carboxylic acids is 2. The third-order valence-electron chi connectivity index (χ3n) is 11.8. The van der Waals surface area contributed by atoms with E-state index in [0.717, 1.165) is 32.1 Å². The molecule has 344 valence electrons. The maximum absolute atomic E-state index is 12.7. The molecule has 0 amide bonds. The molecule has 0 rings (SSSR count). The van der Waals surface area contributed by atoms with Gasteiger partial charge < -0.3 is 14.2 Å². The molecule has 58 heavy (non-hydrogen) atoms. The quantitative estimate of drug-likeness (QED) is 0.0348. The number of esters is 2. The molecule has 0 aromatic heterocycles. The Morgan fingerprint density at radius 2 is 0.672 bits per heavy atom. The van der Waals surface area contributed by atoms with E-state index in [1.54, 1.807) is 0 Å². The van der Waals surface area contributed by atoms with Crippen molar-refractivity contribution < 1.29 is 23.8 Å².